The average molecular weight is 328 g/mol. The first-order valence-corrected chi connectivity index (χ1v) is 10.7. The number of hydrogen-bond donors (Lipinski definition) is 1. The Morgan fingerprint density at radius 2 is 1.83 bits per heavy atom. The second-order valence-corrected chi connectivity index (χ2v) is 8.17. The summed E-state index contributed by atoms with van der Waals surface area (Å²) in [6.07, 6.45) is 15.1. The predicted octanol–water partition coefficient (Wildman–Crippen LogP) is 6.21. The molecule has 24 heavy (non-hydrogen) atoms. The molecule has 0 saturated heterocycles. The van der Waals surface area contributed by atoms with Crippen molar-refractivity contribution in [2.45, 2.75) is 90.0 Å². The standard InChI is InChI=1S/C23H37N/c1-3-5-6-13-20(11-4-2)23(21-14-8-9-15-21)22-16-10-7-12-19(22)17-18-24-23/h7,10,12,16,20-21,24H,3-6,8-9,11,13-15,17-18H2,1-2H3. The van der Waals surface area contributed by atoms with E-state index in [0.29, 0.717) is 0 Å². The van der Waals surface area contributed by atoms with Crippen LogP contribution in [0.25, 0.3) is 0 Å². The Labute approximate surface area is 149 Å². The Morgan fingerprint density at radius 1 is 1.04 bits per heavy atom. The molecule has 2 unspecified atom stereocenters. The van der Waals surface area contributed by atoms with Crippen LogP contribution < -0.4 is 5.32 Å². The van der Waals surface area contributed by atoms with Gasteiger partial charge in [-0.05, 0) is 55.1 Å². The third-order valence-electron chi connectivity index (χ3n) is 6.71. The van der Waals surface area contributed by atoms with Crippen molar-refractivity contribution in [2.75, 3.05) is 6.54 Å². The molecule has 1 nitrogen and oxygen atoms in total. The Bertz CT molecular complexity index is 503. The summed E-state index contributed by atoms with van der Waals surface area (Å²) in [7, 11) is 0. The summed E-state index contributed by atoms with van der Waals surface area (Å²) in [6, 6.07) is 9.39. The van der Waals surface area contributed by atoms with Gasteiger partial charge in [0.25, 0.3) is 0 Å². The maximum Gasteiger partial charge on any atom is 0.0494 e. The third kappa shape index (κ3) is 3.43. The van der Waals surface area contributed by atoms with Gasteiger partial charge in [-0.2, -0.15) is 0 Å². The summed E-state index contributed by atoms with van der Waals surface area (Å²) >= 11 is 0. The lowest BCUT2D eigenvalue weighted by atomic mass is 9.63. The second kappa shape index (κ2) is 8.52. The number of unbranched alkanes of at least 4 members (excludes halogenated alkanes) is 2. The smallest absolute Gasteiger partial charge is 0.0494 e. The van der Waals surface area contributed by atoms with E-state index in [1.165, 1.54) is 77.2 Å². The van der Waals surface area contributed by atoms with Gasteiger partial charge in [-0.15, -0.1) is 0 Å². The number of benzene rings is 1. The Hall–Kier alpha value is -0.820. The summed E-state index contributed by atoms with van der Waals surface area (Å²) in [4.78, 5) is 0. The molecule has 1 aliphatic heterocycles. The highest BCUT2D eigenvalue weighted by Crippen LogP contribution is 2.50. The molecule has 0 spiro atoms. The molecular weight excluding hydrogens is 290 g/mol. The van der Waals surface area contributed by atoms with E-state index >= 15 is 0 Å². The van der Waals surface area contributed by atoms with Gasteiger partial charge in [-0.25, -0.2) is 0 Å². The van der Waals surface area contributed by atoms with E-state index in [1.807, 2.05) is 0 Å². The van der Waals surface area contributed by atoms with Crippen molar-refractivity contribution < 1.29 is 0 Å². The number of nitrogens with one attached hydrogen (secondary N) is 1. The maximum absolute atomic E-state index is 4.14. The lowest BCUT2D eigenvalue weighted by molar-refractivity contribution is 0.0964. The molecule has 0 aromatic heterocycles. The minimum atomic E-state index is 0.259. The van der Waals surface area contributed by atoms with Crippen LogP contribution in [-0.2, 0) is 12.0 Å². The van der Waals surface area contributed by atoms with Gasteiger partial charge in [-0.3, -0.25) is 0 Å². The van der Waals surface area contributed by atoms with Crippen LogP contribution in [0.2, 0.25) is 0 Å². The zero-order chi connectivity index (χ0) is 16.8. The van der Waals surface area contributed by atoms with Crippen molar-refractivity contribution in [3.8, 4) is 0 Å². The molecule has 1 aromatic rings. The molecule has 1 saturated carbocycles. The second-order valence-electron chi connectivity index (χ2n) is 8.17. The fraction of sp³-hybridized carbons (Fsp3) is 0.739. The summed E-state index contributed by atoms with van der Waals surface area (Å²) in [6.45, 7) is 5.88. The highest BCUT2D eigenvalue weighted by molar-refractivity contribution is 5.38. The van der Waals surface area contributed by atoms with Crippen LogP contribution in [0.15, 0.2) is 24.3 Å². The van der Waals surface area contributed by atoms with Gasteiger partial charge in [0.15, 0.2) is 0 Å². The van der Waals surface area contributed by atoms with Crippen molar-refractivity contribution in [3.63, 3.8) is 0 Å². The largest absolute Gasteiger partial charge is 0.307 e. The Kier molecular flexibility index (Phi) is 6.38. The van der Waals surface area contributed by atoms with Gasteiger partial charge in [0.2, 0.25) is 0 Å². The zero-order valence-corrected chi connectivity index (χ0v) is 15.9. The molecule has 1 aromatic carbocycles. The SMILES string of the molecule is CCCCCC(CCC)C1(C2CCCC2)NCCc2ccccc21. The van der Waals surface area contributed by atoms with Gasteiger partial charge < -0.3 is 5.32 Å². The minimum Gasteiger partial charge on any atom is -0.307 e. The van der Waals surface area contributed by atoms with Crippen LogP contribution in [0.5, 0.6) is 0 Å². The first-order chi connectivity index (χ1) is 11.8. The molecule has 1 heterocycles. The normalized spacial score (nSPS) is 25.6. The van der Waals surface area contributed by atoms with Crippen molar-refractivity contribution in [2.24, 2.45) is 11.8 Å². The molecule has 1 fully saturated rings. The highest BCUT2D eigenvalue weighted by atomic mass is 15.0. The van der Waals surface area contributed by atoms with Crippen LogP contribution in [0.3, 0.4) is 0 Å². The number of rotatable bonds is 8. The van der Waals surface area contributed by atoms with E-state index in [9.17, 15) is 0 Å². The van der Waals surface area contributed by atoms with Crippen LogP contribution in [0, 0.1) is 11.8 Å². The van der Waals surface area contributed by atoms with E-state index in [1.54, 1.807) is 11.1 Å². The van der Waals surface area contributed by atoms with E-state index in [-0.39, 0.29) is 5.54 Å². The average Bonchev–Trinajstić information content (AvgIpc) is 3.16. The summed E-state index contributed by atoms with van der Waals surface area (Å²) in [5, 5.41) is 4.14. The van der Waals surface area contributed by atoms with Crippen LogP contribution in [-0.4, -0.2) is 6.54 Å². The summed E-state index contributed by atoms with van der Waals surface area (Å²) < 4.78 is 0. The van der Waals surface area contributed by atoms with E-state index in [4.69, 9.17) is 0 Å². The summed E-state index contributed by atoms with van der Waals surface area (Å²) in [5.41, 5.74) is 3.55. The molecule has 0 bridgehead atoms. The van der Waals surface area contributed by atoms with Crippen LogP contribution >= 0.6 is 0 Å². The molecule has 134 valence electrons. The van der Waals surface area contributed by atoms with Crippen molar-refractivity contribution in [1.29, 1.82) is 0 Å². The molecule has 0 amide bonds. The molecule has 1 N–H and O–H groups in total. The molecule has 0 radical (unpaired) electrons. The summed E-state index contributed by atoms with van der Waals surface area (Å²) in [5.74, 6) is 1.65. The fourth-order valence-corrected chi connectivity index (χ4v) is 5.67. The lowest BCUT2D eigenvalue weighted by Gasteiger charge is -2.50. The fourth-order valence-electron chi connectivity index (χ4n) is 5.67. The monoisotopic (exact) mass is 327 g/mol. The van der Waals surface area contributed by atoms with Crippen LogP contribution in [0.4, 0.5) is 0 Å². The van der Waals surface area contributed by atoms with Gasteiger partial charge >= 0.3 is 0 Å². The number of hydrogen-bond acceptors (Lipinski definition) is 1. The van der Waals surface area contributed by atoms with Crippen molar-refractivity contribution >= 4 is 0 Å². The number of fused-ring (bicyclic) bond motifs is 1. The quantitative estimate of drug-likeness (QED) is 0.559. The van der Waals surface area contributed by atoms with Crippen LogP contribution in [0.1, 0.15) is 89.2 Å². The minimum absolute atomic E-state index is 0.259. The van der Waals surface area contributed by atoms with Gasteiger partial charge in [0.05, 0.1) is 0 Å². The van der Waals surface area contributed by atoms with E-state index in [0.717, 1.165) is 11.8 Å². The van der Waals surface area contributed by atoms with E-state index in [2.05, 4.69) is 43.4 Å². The molecule has 2 aliphatic rings. The molecule has 2 atom stereocenters. The molecule has 3 rings (SSSR count). The lowest BCUT2D eigenvalue weighted by Crippen LogP contribution is -2.56. The predicted molar refractivity (Wildman–Crippen MR) is 104 cm³/mol. The van der Waals surface area contributed by atoms with Gasteiger partial charge in [0, 0.05) is 12.1 Å². The first-order valence-electron chi connectivity index (χ1n) is 10.7. The Morgan fingerprint density at radius 3 is 2.58 bits per heavy atom. The van der Waals surface area contributed by atoms with Crippen molar-refractivity contribution in [3.05, 3.63) is 35.4 Å². The molecule has 1 heteroatoms. The zero-order valence-electron chi connectivity index (χ0n) is 15.9. The molecular formula is C23H37N. The Balaban J connectivity index is 1.98. The topological polar surface area (TPSA) is 12.0 Å². The highest BCUT2D eigenvalue weighted by Gasteiger charge is 2.48. The first kappa shape index (κ1) is 18.0. The van der Waals surface area contributed by atoms with Gasteiger partial charge in [-0.1, -0.05) is 76.6 Å². The molecule has 1 aliphatic carbocycles. The third-order valence-corrected chi connectivity index (χ3v) is 6.71. The van der Waals surface area contributed by atoms with E-state index < -0.39 is 0 Å². The van der Waals surface area contributed by atoms with Crippen molar-refractivity contribution in [1.82, 2.24) is 5.32 Å². The van der Waals surface area contributed by atoms with Gasteiger partial charge in [0.1, 0.15) is 0 Å². The maximum atomic E-state index is 4.14.